The van der Waals surface area contributed by atoms with Gasteiger partial charge in [0.2, 0.25) is 0 Å². The van der Waals surface area contributed by atoms with Gasteiger partial charge in [0.1, 0.15) is 0 Å². The van der Waals surface area contributed by atoms with Gasteiger partial charge >= 0.3 is 6.18 Å². The maximum absolute atomic E-state index is 12.5. The van der Waals surface area contributed by atoms with Crippen molar-refractivity contribution in [1.82, 2.24) is 0 Å². The van der Waals surface area contributed by atoms with Crippen molar-refractivity contribution in [1.29, 1.82) is 0 Å². The molecule has 1 rings (SSSR count). The van der Waals surface area contributed by atoms with Crippen LogP contribution >= 0.6 is 0 Å². The highest BCUT2D eigenvalue weighted by Crippen LogP contribution is 2.31. The van der Waals surface area contributed by atoms with E-state index < -0.39 is 32.9 Å². The maximum atomic E-state index is 12.5. The zero-order valence-electron chi connectivity index (χ0n) is 9.90. The first kappa shape index (κ1) is 15.0. The Morgan fingerprint density at radius 2 is 1.83 bits per heavy atom. The van der Waals surface area contributed by atoms with E-state index in [1.54, 1.807) is 0 Å². The third-order valence-corrected chi connectivity index (χ3v) is 4.42. The van der Waals surface area contributed by atoms with E-state index in [-0.39, 0.29) is 5.56 Å². The zero-order valence-corrected chi connectivity index (χ0v) is 10.7. The van der Waals surface area contributed by atoms with Crippen LogP contribution in [-0.4, -0.2) is 19.9 Å². The normalized spacial score (nSPS) is 16.3. The lowest BCUT2D eigenvalue weighted by Crippen LogP contribution is -2.30. The summed E-state index contributed by atoms with van der Waals surface area (Å²) >= 11 is 0. The van der Waals surface area contributed by atoms with Gasteiger partial charge in [-0.1, -0.05) is 12.1 Å². The van der Waals surface area contributed by atoms with E-state index in [9.17, 15) is 21.6 Å². The van der Waals surface area contributed by atoms with Gasteiger partial charge in [0.05, 0.1) is 10.8 Å². The number of sulfone groups is 1. The molecule has 7 heteroatoms. The maximum Gasteiger partial charge on any atom is 0.416 e. The fourth-order valence-corrected chi connectivity index (χ4v) is 2.15. The number of hydrogen-bond acceptors (Lipinski definition) is 3. The van der Waals surface area contributed by atoms with Gasteiger partial charge in [0, 0.05) is 12.3 Å². The SMILES string of the molecule is CC(C(N)c1cccc(C(F)(F)F)c1)S(C)(=O)=O. The molecule has 0 radical (unpaired) electrons. The molecule has 0 bridgehead atoms. The number of benzene rings is 1. The van der Waals surface area contributed by atoms with Crippen LogP contribution in [0.25, 0.3) is 0 Å². The highest BCUT2D eigenvalue weighted by atomic mass is 32.2. The highest BCUT2D eigenvalue weighted by molar-refractivity contribution is 7.91. The molecule has 0 aromatic heterocycles. The molecule has 1 aromatic carbocycles. The summed E-state index contributed by atoms with van der Waals surface area (Å²) in [7, 11) is -3.40. The lowest BCUT2D eigenvalue weighted by atomic mass is 10.0. The summed E-state index contributed by atoms with van der Waals surface area (Å²) in [5.41, 5.74) is 5.01. The predicted octanol–water partition coefficient (Wildman–Crippen LogP) is 2.14. The Labute approximate surface area is 104 Å². The molecule has 102 valence electrons. The van der Waals surface area contributed by atoms with Crippen molar-refractivity contribution in [3.63, 3.8) is 0 Å². The summed E-state index contributed by atoms with van der Waals surface area (Å²) in [6.07, 6.45) is -3.46. The minimum Gasteiger partial charge on any atom is -0.323 e. The molecule has 0 saturated carbocycles. The van der Waals surface area contributed by atoms with Crippen LogP contribution in [0.2, 0.25) is 0 Å². The van der Waals surface area contributed by atoms with Gasteiger partial charge < -0.3 is 5.73 Å². The minimum atomic E-state index is -4.47. The molecule has 2 atom stereocenters. The average molecular weight is 281 g/mol. The molecular formula is C11H14F3NO2S. The molecule has 0 spiro atoms. The number of alkyl halides is 3. The Bertz CT molecular complexity index is 525. The molecule has 3 nitrogen and oxygen atoms in total. The van der Waals surface area contributed by atoms with Gasteiger partial charge in [0.15, 0.2) is 9.84 Å². The third kappa shape index (κ3) is 3.46. The lowest BCUT2D eigenvalue weighted by Gasteiger charge is -2.19. The second kappa shape index (κ2) is 4.89. The van der Waals surface area contributed by atoms with Gasteiger partial charge in [-0.2, -0.15) is 13.2 Å². The molecule has 2 N–H and O–H groups in total. The predicted molar refractivity (Wildman–Crippen MR) is 62.7 cm³/mol. The van der Waals surface area contributed by atoms with Crippen molar-refractivity contribution >= 4 is 9.84 Å². The van der Waals surface area contributed by atoms with Crippen molar-refractivity contribution in [2.75, 3.05) is 6.26 Å². The van der Waals surface area contributed by atoms with Crippen LogP contribution in [0.1, 0.15) is 24.1 Å². The molecule has 0 fully saturated rings. The quantitative estimate of drug-likeness (QED) is 0.923. The standard InChI is InChI=1S/C11H14F3NO2S/c1-7(18(2,16)17)10(15)8-4-3-5-9(6-8)11(12,13)14/h3-7,10H,15H2,1-2H3. The van der Waals surface area contributed by atoms with Crippen molar-refractivity contribution < 1.29 is 21.6 Å². The van der Waals surface area contributed by atoms with Crippen LogP contribution in [-0.2, 0) is 16.0 Å². The van der Waals surface area contributed by atoms with Crippen LogP contribution in [0.5, 0.6) is 0 Å². The minimum absolute atomic E-state index is 0.155. The molecule has 0 aliphatic rings. The topological polar surface area (TPSA) is 60.2 Å². The molecule has 0 saturated heterocycles. The van der Waals surface area contributed by atoms with Gasteiger partial charge in [-0.15, -0.1) is 0 Å². The van der Waals surface area contributed by atoms with Crippen LogP contribution < -0.4 is 5.73 Å². The van der Waals surface area contributed by atoms with Crippen LogP contribution in [0.15, 0.2) is 24.3 Å². The largest absolute Gasteiger partial charge is 0.416 e. The lowest BCUT2D eigenvalue weighted by molar-refractivity contribution is -0.137. The molecule has 0 amide bonds. The third-order valence-electron chi connectivity index (χ3n) is 2.78. The fraction of sp³-hybridized carbons (Fsp3) is 0.455. The summed E-state index contributed by atoms with van der Waals surface area (Å²) in [6.45, 7) is 1.38. The Morgan fingerprint density at radius 1 is 1.28 bits per heavy atom. The number of nitrogens with two attached hydrogens (primary N) is 1. The van der Waals surface area contributed by atoms with Gasteiger partial charge in [0.25, 0.3) is 0 Å². The van der Waals surface area contributed by atoms with Crippen molar-refractivity contribution in [2.24, 2.45) is 5.73 Å². The number of rotatable bonds is 3. The Morgan fingerprint density at radius 3 is 2.28 bits per heavy atom. The van der Waals surface area contributed by atoms with Crippen molar-refractivity contribution in [3.8, 4) is 0 Å². The number of halogens is 3. The molecular weight excluding hydrogens is 267 g/mol. The molecule has 2 unspecified atom stereocenters. The van der Waals surface area contributed by atoms with E-state index in [2.05, 4.69) is 0 Å². The molecule has 0 aliphatic carbocycles. The summed E-state index contributed by atoms with van der Waals surface area (Å²) in [5.74, 6) is 0. The van der Waals surface area contributed by atoms with Crippen molar-refractivity contribution in [2.45, 2.75) is 24.4 Å². The smallest absolute Gasteiger partial charge is 0.323 e. The first-order chi connectivity index (χ1) is 8.03. The van der Waals surface area contributed by atoms with Crippen LogP contribution in [0, 0.1) is 0 Å². The summed E-state index contributed by atoms with van der Waals surface area (Å²) in [4.78, 5) is 0. The van der Waals surface area contributed by atoms with E-state index in [1.807, 2.05) is 0 Å². The van der Waals surface area contributed by atoms with Crippen LogP contribution in [0.4, 0.5) is 13.2 Å². The summed E-state index contributed by atoms with van der Waals surface area (Å²) < 4.78 is 60.2. The van der Waals surface area contributed by atoms with E-state index in [0.717, 1.165) is 18.4 Å². The number of hydrogen-bond donors (Lipinski definition) is 1. The van der Waals surface area contributed by atoms with Gasteiger partial charge in [-0.25, -0.2) is 8.42 Å². The van der Waals surface area contributed by atoms with E-state index in [4.69, 9.17) is 5.73 Å². The highest BCUT2D eigenvalue weighted by Gasteiger charge is 2.32. The molecule has 18 heavy (non-hydrogen) atoms. The second-order valence-electron chi connectivity index (χ2n) is 4.18. The molecule has 0 heterocycles. The monoisotopic (exact) mass is 281 g/mol. The van der Waals surface area contributed by atoms with Crippen molar-refractivity contribution in [3.05, 3.63) is 35.4 Å². The summed E-state index contributed by atoms with van der Waals surface area (Å²) in [6, 6.07) is 3.42. The first-order valence-corrected chi connectivity index (χ1v) is 7.10. The Balaban J connectivity index is 3.12. The first-order valence-electron chi connectivity index (χ1n) is 5.15. The molecule has 1 aromatic rings. The molecule has 0 aliphatic heterocycles. The Hall–Kier alpha value is -1.08. The fourth-order valence-electron chi connectivity index (χ4n) is 1.46. The van der Waals surface area contributed by atoms with Crippen LogP contribution in [0.3, 0.4) is 0 Å². The van der Waals surface area contributed by atoms with Gasteiger partial charge in [-0.05, 0) is 24.6 Å². The van der Waals surface area contributed by atoms with Gasteiger partial charge in [-0.3, -0.25) is 0 Å². The summed E-state index contributed by atoms with van der Waals surface area (Å²) in [5, 5.41) is -0.944. The second-order valence-corrected chi connectivity index (χ2v) is 6.59. The average Bonchev–Trinajstić information content (AvgIpc) is 2.25. The van der Waals surface area contributed by atoms with E-state index in [0.29, 0.717) is 0 Å². The van der Waals surface area contributed by atoms with E-state index in [1.165, 1.54) is 19.1 Å². The van der Waals surface area contributed by atoms with E-state index >= 15 is 0 Å². The Kier molecular flexibility index (Phi) is 4.07. The zero-order chi connectivity index (χ0) is 14.1.